The van der Waals surface area contributed by atoms with Gasteiger partial charge in [0.05, 0.1) is 0 Å². The third kappa shape index (κ3) is 4.34. The highest BCUT2D eigenvalue weighted by atomic mass is 16.3. The molecule has 0 aliphatic heterocycles. The predicted octanol–water partition coefficient (Wildman–Crippen LogP) is 6.06. The number of pyridine rings is 1. The van der Waals surface area contributed by atoms with Crippen LogP contribution in [0.5, 0.6) is 5.75 Å². The number of phenolic OH excluding ortho intramolecular Hbond substituents is 1. The van der Waals surface area contributed by atoms with Crippen molar-refractivity contribution in [1.29, 1.82) is 0 Å². The Bertz CT molecular complexity index is 695. The molecule has 2 heteroatoms. The van der Waals surface area contributed by atoms with Crippen molar-refractivity contribution in [3.63, 3.8) is 0 Å². The zero-order valence-corrected chi connectivity index (χ0v) is 15.1. The molecule has 2 aromatic rings. The lowest BCUT2D eigenvalue weighted by molar-refractivity contribution is 0.193. The summed E-state index contributed by atoms with van der Waals surface area (Å²) in [7, 11) is 0. The van der Waals surface area contributed by atoms with Crippen molar-refractivity contribution in [3.05, 3.63) is 48.7 Å². The second-order valence-corrected chi connectivity index (χ2v) is 8.53. The first-order chi connectivity index (χ1) is 10.6. The molecule has 1 N–H and O–H groups in total. The lowest BCUT2D eigenvalue weighted by Crippen LogP contribution is -2.22. The summed E-state index contributed by atoms with van der Waals surface area (Å²) in [5.74, 6) is 0.415. The molecule has 0 fully saturated rings. The molecule has 0 aliphatic rings. The Balaban J connectivity index is 2.35. The molecule has 0 radical (unpaired) electrons. The molecule has 1 atom stereocenters. The summed E-state index contributed by atoms with van der Waals surface area (Å²) in [6, 6.07) is 7.90. The van der Waals surface area contributed by atoms with Gasteiger partial charge in [0.25, 0.3) is 0 Å². The van der Waals surface area contributed by atoms with E-state index in [2.05, 4.69) is 46.2 Å². The highest BCUT2D eigenvalue weighted by Gasteiger charge is 2.29. The maximum absolute atomic E-state index is 10.7. The van der Waals surface area contributed by atoms with E-state index in [-0.39, 0.29) is 16.7 Å². The number of aromatic hydroxyl groups is 1. The van der Waals surface area contributed by atoms with Crippen LogP contribution in [0.15, 0.2) is 43.1 Å². The smallest absolute Gasteiger partial charge is 0.145 e. The number of aromatic nitrogens is 1. The molecular weight excluding hydrogens is 282 g/mol. The van der Waals surface area contributed by atoms with Crippen LogP contribution in [0.3, 0.4) is 0 Å². The summed E-state index contributed by atoms with van der Waals surface area (Å²) in [6.45, 7) is 15.4. The number of nitrogens with zero attached hydrogens (tertiary/aromatic N) is 1. The molecule has 1 heterocycles. The normalized spacial score (nSPS) is 14.0. The average molecular weight is 311 g/mol. The van der Waals surface area contributed by atoms with Crippen LogP contribution in [0.1, 0.15) is 58.9 Å². The van der Waals surface area contributed by atoms with Crippen molar-refractivity contribution < 1.29 is 5.11 Å². The first kappa shape index (κ1) is 17.5. The number of hydrogen-bond donors (Lipinski definition) is 1. The van der Waals surface area contributed by atoms with Gasteiger partial charge in [-0.05, 0) is 29.7 Å². The highest BCUT2D eigenvalue weighted by molar-refractivity contribution is 5.85. The van der Waals surface area contributed by atoms with Crippen molar-refractivity contribution >= 4 is 10.9 Å². The van der Waals surface area contributed by atoms with Crippen LogP contribution in [-0.4, -0.2) is 10.1 Å². The molecule has 1 unspecified atom stereocenters. The van der Waals surface area contributed by atoms with E-state index in [9.17, 15) is 5.11 Å². The van der Waals surface area contributed by atoms with E-state index < -0.39 is 0 Å². The summed E-state index contributed by atoms with van der Waals surface area (Å²) in [4.78, 5) is 4.33. The molecule has 0 amide bonds. The van der Waals surface area contributed by atoms with Gasteiger partial charge in [0.15, 0.2) is 0 Å². The van der Waals surface area contributed by atoms with Crippen molar-refractivity contribution in [2.75, 3.05) is 0 Å². The minimum atomic E-state index is 0.124. The molecule has 1 aromatic heterocycles. The summed E-state index contributed by atoms with van der Waals surface area (Å²) in [5.41, 5.74) is 2.05. The van der Waals surface area contributed by atoms with Gasteiger partial charge in [0, 0.05) is 23.1 Å². The predicted molar refractivity (Wildman–Crippen MR) is 98.8 cm³/mol. The first-order valence-corrected chi connectivity index (χ1v) is 8.32. The Morgan fingerprint density at radius 2 is 1.87 bits per heavy atom. The molecule has 124 valence electrons. The van der Waals surface area contributed by atoms with Gasteiger partial charge in [-0.1, -0.05) is 58.9 Å². The topological polar surface area (TPSA) is 33.1 Å². The fraction of sp³-hybridized carbons (Fsp3) is 0.476. The molecule has 0 aliphatic carbocycles. The van der Waals surface area contributed by atoms with Gasteiger partial charge in [0.1, 0.15) is 11.3 Å². The Labute approximate surface area is 140 Å². The molecule has 2 rings (SSSR count). The Kier molecular flexibility index (Phi) is 4.84. The van der Waals surface area contributed by atoms with Crippen LogP contribution in [0.2, 0.25) is 0 Å². The molecular formula is C21H29NO. The Hall–Kier alpha value is -1.83. The number of allylic oxidation sites excluding steroid dienone is 1. The SMILES string of the molecule is C=CC(CC(C)(C)CC(C)(C)C)c1ccc2cccnc2c1O. The standard InChI is InChI=1S/C21H29NO/c1-7-15(13-21(5,6)14-20(2,3)4)17-11-10-16-9-8-12-22-18(16)19(17)23/h7-12,15,23H,1,13-14H2,2-6H3. The number of hydrogen-bond acceptors (Lipinski definition) is 2. The molecule has 23 heavy (non-hydrogen) atoms. The third-order valence-electron chi connectivity index (χ3n) is 4.24. The van der Waals surface area contributed by atoms with Crippen molar-refractivity contribution in [3.8, 4) is 5.75 Å². The maximum atomic E-state index is 10.7. The lowest BCUT2D eigenvalue weighted by atomic mass is 9.70. The summed E-state index contributed by atoms with van der Waals surface area (Å²) in [6.07, 6.45) is 5.75. The van der Waals surface area contributed by atoms with Gasteiger partial charge in [-0.25, -0.2) is 0 Å². The number of phenols is 1. The van der Waals surface area contributed by atoms with Crippen LogP contribution in [0.25, 0.3) is 10.9 Å². The van der Waals surface area contributed by atoms with E-state index in [0.717, 1.165) is 23.8 Å². The van der Waals surface area contributed by atoms with Gasteiger partial charge >= 0.3 is 0 Å². The van der Waals surface area contributed by atoms with E-state index in [1.807, 2.05) is 30.3 Å². The molecule has 0 saturated heterocycles. The minimum absolute atomic E-state index is 0.124. The van der Waals surface area contributed by atoms with Gasteiger partial charge in [-0.3, -0.25) is 4.98 Å². The van der Waals surface area contributed by atoms with E-state index in [1.54, 1.807) is 6.20 Å². The molecule has 1 aromatic carbocycles. The summed E-state index contributed by atoms with van der Waals surface area (Å²) in [5, 5.41) is 11.6. The lowest BCUT2D eigenvalue weighted by Gasteiger charge is -2.35. The quantitative estimate of drug-likeness (QED) is 0.680. The molecule has 0 bridgehead atoms. The number of rotatable bonds is 5. The van der Waals surface area contributed by atoms with Crippen molar-refractivity contribution in [2.24, 2.45) is 10.8 Å². The van der Waals surface area contributed by atoms with E-state index >= 15 is 0 Å². The summed E-state index contributed by atoms with van der Waals surface area (Å²) >= 11 is 0. The monoisotopic (exact) mass is 311 g/mol. The second-order valence-electron chi connectivity index (χ2n) is 8.53. The van der Waals surface area contributed by atoms with Gasteiger partial charge in [-0.15, -0.1) is 6.58 Å². The zero-order valence-electron chi connectivity index (χ0n) is 15.1. The molecule has 2 nitrogen and oxygen atoms in total. The largest absolute Gasteiger partial charge is 0.505 e. The van der Waals surface area contributed by atoms with Gasteiger partial charge in [0.2, 0.25) is 0 Å². The van der Waals surface area contributed by atoms with Crippen molar-refractivity contribution in [2.45, 2.75) is 53.4 Å². The Morgan fingerprint density at radius 3 is 2.48 bits per heavy atom. The van der Waals surface area contributed by atoms with Gasteiger partial charge < -0.3 is 5.11 Å². The van der Waals surface area contributed by atoms with E-state index in [4.69, 9.17) is 0 Å². The van der Waals surface area contributed by atoms with Gasteiger partial charge in [-0.2, -0.15) is 0 Å². The molecule has 0 spiro atoms. The first-order valence-electron chi connectivity index (χ1n) is 8.32. The van der Waals surface area contributed by atoms with Crippen LogP contribution in [0.4, 0.5) is 0 Å². The Morgan fingerprint density at radius 1 is 1.17 bits per heavy atom. The van der Waals surface area contributed by atoms with Crippen LogP contribution in [-0.2, 0) is 0 Å². The van der Waals surface area contributed by atoms with Crippen LogP contribution < -0.4 is 0 Å². The zero-order chi connectivity index (χ0) is 17.3. The summed E-state index contributed by atoms with van der Waals surface area (Å²) < 4.78 is 0. The van der Waals surface area contributed by atoms with Crippen molar-refractivity contribution in [1.82, 2.24) is 4.98 Å². The number of fused-ring (bicyclic) bond motifs is 1. The highest BCUT2D eigenvalue weighted by Crippen LogP contribution is 2.43. The molecule has 0 saturated carbocycles. The number of benzene rings is 1. The average Bonchev–Trinajstić information content (AvgIpc) is 2.43. The fourth-order valence-corrected chi connectivity index (χ4v) is 3.87. The third-order valence-corrected chi connectivity index (χ3v) is 4.24. The minimum Gasteiger partial charge on any atom is -0.505 e. The fourth-order valence-electron chi connectivity index (χ4n) is 3.87. The van der Waals surface area contributed by atoms with Crippen LogP contribution >= 0.6 is 0 Å². The van der Waals surface area contributed by atoms with E-state index in [0.29, 0.717) is 11.3 Å². The second kappa shape index (κ2) is 6.35. The van der Waals surface area contributed by atoms with E-state index in [1.165, 1.54) is 0 Å². The maximum Gasteiger partial charge on any atom is 0.145 e. The van der Waals surface area contributed by atoms with Crippen LogP contribution in [0, 0.1) is 10.8 Å².